The van der Waals surface area contributed by atoms with Crippen LogP contribution in [-0.2, 0) is 10.1 Å². The third-order valence-corrected chi connectivity index (χ3v) is 3.39. The van der Waals surface area contributed by atoms with Crippen LogP contribution >= 0.6 is 12.6 Å². The lowest BCUT2D eigenvalue weighted by molar-refractivity contribution is 0.484. The molecule has 1 N–H and O–H groups in total. The predicted molar refractivity (Wildman–Crippen MR) is 59.6 cm³/mol. The molecule has 0 fully saturated rings. The van der Waals surface area contributed by atoms with Gasteiger partial charge in [0, 0.05) is 15.7 Å². The predicted octanol–water partition coefficient (Wildman–Crippen LogP) is 2.64. The number of fused-ring (bicyclic) bond motifs is 1. The van der Waals surface area contributed by atoms with E-state index in [4.69, 9.17) is 17.2 Å². The molecule has 0 aromatic heterocycles. The molecule has 0 heterocycles. The van der Waals surface area contributed by atoms with Crippen molar-refractivity contribution in [3.63, 3.8) is 0 Å². The van der Waals surface area contributed by atoms with Crippen molar-refractivity contribution in [3.8, 4) is 0 Å². The Morgan fingerprint density at radius 1 is 1.00 bits per heavy atom. The van der Waals surface area contributed by atoms with Gasteiger partial charge < -0.3 is 0 Å². The highest BCUT2D eigenvalue weighted by Gasteiger charge is 2.13. The topological polar surface area (TPSA) is 54.4 Å². The van der Waals surface area contributed by atoms with Crippen molar-refractivity contribution in [2.75, 3.05) is 0 Å². The largest absolute Gasteiger partial charge is 0.295 e. The Balaban J connectivity index is 2.96. The van der Waals surface area contributed by atoms with E-state index >= 15 is 0 Å². The molecule has 77 valence electrons. The van der Waals surface area contributed by atoms with Crippen LogP contribution < -0.4 is 0 Å². The van der Waals surface area contributed by atoms with E-state index in [1.807, 2.05) is 0 Å². The van der Waals surface area contributed by atoms with Gasteiger partial charge in [0.2, 0.25) is 0 Å². The second kappa shape index (κ2) is 3.44. The quantitative estimate of drug-likeness (QED) is 0.778. The second-order valence-electron chi connectivity index (χ2n) is 3.08. The minimum Gasteiger partial charge on any atom is -0.282 e. The fourth-order valence-corrected chi connectivity index (χ4v) is 2.44. The van der Waals surface area contributed by atoms with Gasteiger partial charge in [-0.25, -0.2) is 0 Å². The first-order chi connectivity index (χ1) is 7.00. The molecule has 0 saturated heterocycles. The molecule has 15 heavy (non-hydrogen) atoms. The second-order valence-corrected chi connectivity index (χ2v) is 4.91. The van der Waals surface area contributed by atoms with E-state index in [1.165, 1.54) is 6.07 Å². The third-order valence-electron chi connectivity index (χ3n) is 2.12. The molecule has 5 heteroatoms. The first kappa shape index (κ1) is 10.4. The summed E-state index contributed by atoms with van der Waals surface area (Å²) in [5, 5.41) is 1.11. The maximum absolute atomic E-state index is 11.1. The Morgan fingerprint density at radius 3 is 2.27 bits per heavy atom. The SMILES string of the molecule is O=S(=O)(O)c1cccc2c([S])cccc12. The van der Waals surface area contributed by atoms with E-state index in [2.05, 4.69) is 0 Å². The van der Waals surface area contributed by atoms with Gasteiger partial charge in [-0.15, -0.1) is 0 Å². The van der Waals surface area contributed by atoms with Gasteiger partial charge >= 0.3 is 0 Å². The van der Waals surface area contributed by atoms with Crippen LogP contribution in [0.4, 0.5) is 0 Å². The number of hydrogen-bond acceptors (Lipinski definition) is 2. The molecule has 0 bridgehead atoms. The lowest BCUT2D eigenvalue weighted by Crippen LogP contribution is -1.98. The maximum atomic E-state index is 11.1. The van der Waals surface area contributed by atoms with E-state index in [-0.39, 0.29) is 4.90 Å². The van der Waals surface area contributed by atoms with Crippen LogP contribution in [0.2, 0.25) is 0 Å². The van der Waals surface area contributed by atoms with Crippen molar-refractivity contribution in [1.29, 1.82) is 0 Å². The molecule has 3 nitrogen and oxygen atoms in total. The smallest absolute Gasteiger partial charge is 0.282 e. The van der Waals surface area contributed by atoms with Crippen molar-refractivity contribution < 1.29 is 13.0 Å². The first-order valence-electron chi connectivity index (χ1n) is 4.16. The van der Waals surface area contributed by atoms with Gasteiger partial charge in [-0.1, -0.05) is 36.9 Å². The van der Waals surface area contributed by atoms with Crippen LogP contribution in [0.5, 0.6) is 0 Å². The molecule has 2 rings (SSSR count). The maximum Gasteiger partial charge on any atom is 0.295 e. The van der Waals surface area contributed by atoms with Crippen LogP contribution in [-0.4, -0.2) is 13.0 Å². The Morgan fingerprint density at radius 2 is 1.60 bits per heavy atom. The molecule has 2 aromatic rings. The molecule has 0 saturated carbocycles. The molecule has 0 amide bonds. The van der Waals surface area contributed by atoms with Crippen LogP contribution in [0.1, 0.15) is 0 Å². The summed E-state index contributed by atoms with van der Waals surface area (Å²) in [4.78, 5) is 0.463. The highest BCUT2D eigenvalue weighted by Crippen LogP contribution is 2.27. The molecule has 0 aliphatic rings. The third kappa shape index (κ3) is 1.81. The molecule has 0 spiro atoms. The molecule has 0 aliphatic heterocycles. The van der Waals surface area contributed by atoms with Crippen LogP contribution in [0, 0.1) is 0 Å². The average molecular weight is 239 g/mol. The molecule has 0 atom stereocenters. The number of benzene rings is 2. The standard InChI is InChI=1S/C10H7O3S2/c11-15(12,13)10-6-2-3-7-8(10)4-1-5-9(7)14/h1-6H,(H,11,12,13). The van der Waals surface area contributed by atoms with Gasteiger partial charge in [0.25, 0.3) is 10.1 Å². The van der Waals surface area contributed by atoms with Gasteiger partial charge in [-0.3, -0.25) is 4.55 Å². The molecule has 0 unspecified atom stereocenters. The van der Waals surface area contributed by atoms with E-state index in [0.29, 0.717) is 15.7 Å². The van der Waals surface area contributed by atoms with Gasteiger partial charge in [0.1, 0.15) is 4.90 Å². The number of rotatable bonds is 1. The van der Waals surface area contributed by atoms with E-state index in [1.54, 1.807) is 30.3 Å². The summed E-state index contributed by atoms with van der Waals surface area (Å²) in [5.74, 6) is 0. The molecule has 0 aliphatic carbocycles. The van der Waals surface area contributed by atoms with Crippen molar-refractivity contribution in [2.24, 2.45) is 0 Å². The zero-order valence-electron chi connectivity index (χ0n) is 7.54. The van der Waals surface area contributed by atoms with Gasteiger partial charge in [-0.05, 0) is 12.1 Å². The summed E-state index contributed by atoms with van der Waals surface area (Å²) in [5.41, 5.74) is 0. The van der Waals surface area contributed by atoms with Crippen molar-refractivity contribution in [1.82, 2.24) is 0 Å². The van der Waals surface area contributed by atoms with Crippen molar-refractivity contribution in [2.45, 2.75) is 9.79 Å². The Kier molecular flexibility index (Phi) is 2.38. The monoisotopic (exact) mass is 239 g/mol. The fraction of sp³-hybridized carbons (Fsp3) is 0. The van der Waals surface area contributed by atoms with Gasteiger partial charge in [-0.2, -0.15) is 8.42 Å². The summed E-state index contributed by atoms with van der Waals surface area (Å²) < 4.78 is 31.2. The van der Waals surface area contributed by atoms with Gasteiger partial charge in [0.15, 0.2) is 0 Å². The first-order valence-corrected chi connectivity index (χ1v) is 6.01. The summed E-state index contributed by atoms with van der Waals surface area (Å²) in [6, 6.07) is 9.64. The highest BCUT2D eigenvalue weighted by atomic mass is 32.2. The molecule has 2 aromatic carbocycles. The Bertz CT molecular complexity index is 618. The zero-order chi connectivity index (χ0) is 11.1. The van der Waals surface area contributed by atoms with Crippen LogP contribution in [0.15, 0.2) is 46.2 Å². The molecular weight excluding hydrogens is 232 g/mol. The van der Waals surface area contributed by atoms with Crippen LogP contribution in [0.25, 0.3) is 10.8 Å². The lowest BCUT2D eigenvalue weighted by atomic mass is 10.1. The minimum absolute atomic E-state index is 0.105. The normalized spacial score (nSPS) is 11.8. The zero-order valence-corrected chi connectivity index (χ0v) is 9.18. The number of hydrogen-bond donors (Lipinski definition) is 1. The van der Waals surface area contributed by atoms with E-state index < -0.39 is 10.1 Å². The van der Waals surface area contributed by atoms with Crippen molar-refractivity contribution >= 4 is 33.5 Å². The van der Waals surface area contributed by atoms with Crippen LogP contribution in [0.3, 0.4) is 0 Å². The Labute approximate surface area is 92.9 Å². The van der Waals surface area contributed by atoms with Gasteiger partial charge in [0.05, 0.1) is 0 Å². The summed E-state index contributed by atoms with van der Waals surface area (Å²) in [7, 11) is -4.19. The van der Waals surface area contributed by atoms with E-state index in [9.17, 15) is 8.42 Å². The summed E-state index contributed by atoms with van der Waals surface area (Å²) in [6.45, 7) is 0. The minimum atomic E-state index is -4.19. The summed E-state index contributed by atoms with van der Waals surface area (Å²) >= 11 is 5.06. The van der Waals surface area contributed by atoms with E-state index in [0.717, 1.165) is 0 Å². The summed E-state index contributed by atoms with van der Waals surface area (Å²) in [6.07, 6.45) is 0. The van der Waals surface area contributed by atoms with Crippen molar-refractivity contribution in [3.05, 3.63) is 36.4 Å². The lowest BCUT2D eigenvalue weighted by Gasteiger charge is -2.04. The average Bonchev–Trinajstić information content (AvgIpc) is 2.16. The molecular formula is C10H7O3S2. The molecule has 1 radical (unpaired) electrons. The Hall–Kier alpha value is -1.17. The highest BCUT2D eigenvalue weighted by molar-refractivity contribution is 7.86. The fourth-order valence-electron chi connectivity index (χ4n) is 1.48.